The molecule has 0 aliphatic heterocycles. The number of rotatable bonds is 24. The predicted molar refractivity (Wildman–Crippen MR) is 155 cm³/mol. The Morgan fingerprint density at radius 1 is 0.638 bits per heavy atom. The summed E-state index contributed by atoms with van der Waals surface area (Å²) in [5.74, 6) is -15.0. The van der Waals surface area contributed by atoms with Gasteiger partial charge in [0.2, 0.25) is 11.8 Å². The summed E-state index contributed by atoms with van der Waals surface area (Å²) in [6.45, 7) is -1.09. The highest BCUT2D eigenvalue weighted by molar-refractivity contribution is 7.80. The predicted octanol–water partition coefficient (Wildman–Crippen LogP) is -6.14. The van der Waals surface area contributed by atoms with E-state index in [1.165, 1.54) is 0 Å². The quantitative estimate of drug-likeness (QED) is 0.0416. The third kappa shape index (κ3) is 14.2. The van der Waals surface area contributed by atoms with Crippen molar-refractivity contribution in [2.45, 2.75) is 81.3 Å². The summed E-state index contributed by atoms with van der Waals surface area (Å²) in [4.78, 5) is 85.6. The molecule has 0 radical (unpaired) electrons. The number of aliphatic hydroxyl groups is 8. The Kier molecular flexibility index (Phi) is 19.4. The average Bonchev–Trinajstić information content (AvgIpc) is 3.01. The van der Waals surface area contributed by atoms with E-state index < -0.39 is 147 Å². The molecule has 0 rings (SSSR count). The molecule has 0 aromatic heterocycles. The zero-order valence-corrected chi connectivity index (χ0v) is 25.9. The third-order valence-corrected chi connectivity index (χ3v) is 7.48. The molecule has 13 N–H and O–H groups in total. The van der Waals surface area contributed by atoms with Crippen LogP contribution < -0.4 is 10.6 Å². The molecule has 270 valence electrons. The molecular weight excluding hydrogens is 660 g/mol. The first kappa shape index (κ1) is 43.7. The molecule has 21 heteroatoms. The highest BCUT2D eigenvalue weighted by atomic mass is 32.1. The Bertz CT molecular complexity index is 1110. The molecule has 0 aromatic rings. The molecule has 0 bridgehead atoms. The number of carboxylic acid groups (broad SMARTS) is 3. The van der Waals surface area contributed by atoms with Crippen LogP contribution in [-0.4, -0.2) is 165 Å². The van der Waals surface area contributed by atoms with Gasteiger partial charge in [-0.2, -0.15) is 12.6 Å². The lowest BCUT2D eigenvalue weighted by Gasteiger charge is -2.30. The third-order valence-electron chi connectivity index (χ3n) is 7.04. The van der Waals surface area contributed by atoms with Gasteiger partial charge in [0.05, 0.1) is 43.5 Å². The molecule has 47 heavy (non-hydrogen) atoms. The minimum absolute atomic E-state index is 0.387. The van der Waals surface area contributed by atoms with Crippen LogP contribution in [-0.2, 0) is 33.6 Å². The van der Waals surface area contributed by atoms with Crippen LogP contribution >= 0.6 is 12.6 Å². The number of aliphatic hydroxyl groups excluding tert-OH is 8. The van der Waals surface area contributed by atoms with Crippen molar-refractivity contribution in [1.29, 1.82) is 0 Å². The van der Waals surface area contributed by atoms with Crippen molar-refractivity contribution in [3.8, 4) is 0 Å². The Hall–Kier alpha value is -3.28. The van der Waals surface area contributed by atoms with Crippen molar-refractivity contribution in [2.24, 2.45) is 17.8 Å². The zero-order chi connectivity index (χ0) is 36.8. The molecule has 0 fully saturated rings. The van der Waals surface area contributed by atoms with Crippen LogP contribution in [0.3, 0.4) is 0 Å². The van der Waals surface area contributed by atoms with Crippen molar-refractivity contribution in [3.05, 3.63) is 0 Å². The van der Waals surface area contributed by atoms with Crippen LogP contribution in [0.2, 0.25) is 0 Å². The molecule has 0 aliphatic carbocycles. The number of hydrogen-bond acceptors (Lipinski definition) is 16. The number of aliphatic carboxylic acids is 3. The van der Waals surface area contributed by atoms with Crippen LogP contribution in [0.15, 0.2) is 0 Å². The first-order chi connectivity index (χ1) is 21.7. The normalized spacial score (nSPS) is 18.5. The molecule has 2 amide bonds. The van der Waals surface area contributed by atoms with Crippen LogP contribution in [0.5, 0.6) is 0 Å². The van der Waals surface area contributed by atoms with Crippen LogP contribution in [0.4, 0.5) is 0 Å². The Morgan fingerprint density at radius 3 is 1.57 bits per heavy atom. The van der Waals surface area contributed by atoms with E-state index in [0.29, 0.717) is 0 Å². The Balaban J connectivity index is 6.21. The molecule has 0 aromatic carbocycles. The lowest BCUT2D eigenvalue weighted by molar-refractivity contribution is -0.149. The molecule has 0 saturated carbocycles. The van der Waals surface area contributed by atoms with E-state index in [0.717, 1.165) is 6.92 Å². The molecular formula is C26H42N2O18S. The van der Waals surface area contributed by atoms with E-state index in [-0.39, 0.29) is 5.75 Å². The van der Waals surface area contributed by atoms with Crippen LogP contribution in [0.1, 0.15) is 32.6 Å². The maximum absolute atomic E-state index is 13.1. The van der Waals surface area contributed by atoms with Gasteiger partial charge in [0.25, 0.3) is 0 Å². The van der Waals surface area contributed by atoms with Crippen molar-refractivity contribution < 1.29 is 89.7 Å². The molecule has 1 unspecified atom stereocenters. The van der Waals surface area contributed by atoms with E-state index >= 15 is 0 Å². The monoisotopic (exact) mass is 702 g/mol. The van der Waals surface area contributed by atoms with Gasteiger partial charge < -0.3 is 66.8 Å². The number of nitrogens with one attached hydrogen (secondary N) is 2. The number of carbonyl (C=O) groups excluding carboxylic acids is 4. The molecule has 0 aliphatic rings. The van der Waals surface area contributed by atoms with Crippen LogP contribution in [0.25, 0.3) is 0 Å². The number of thiol groups is 1. The Labute approximate surface area is 272 Å². The summed E-state index contributed by atoms with van der Waals surface area (Å²) in [7, 11) is 0. The van der Waals surface area contributed by atoms with Gasteiger partial charge in [-0.15, -0.1) is 0 Å². The van der Waals surface area contributed by atoms with Gasteiger partial charge in [-0.05, 0) is 0 Å². The maximum atomic E-state index is 13.1. The summed E-state index contributed by atoms with van der Waals surface area (Å²) < 4.78 is 0. The fourth-order valence-corrected chi connectivity index (χ4v) is 4.37. The van der Waals surface area contributed by atoms with E-state index in [4.69, 9.17) is 15.3 Å². The second kappa shape index (κ2) is 20.8. The fraction of sp³-hybridized carbons (Fsp3) is 0.731. The minimum atomic E-state index is -2.38. The first-order valence-corrected chi connectivity index (χ1v) is 14.6. The lowest BCUT2D eigenvalue weighted by Crippen LogP contribution is -2.57. The van der Waals surface area contributed by atoms with E-state index in [9.17, 15) is 74.4 Å². The number of amides is 2. The minimum Gasteiger partial charge on any atom is -0.481 e. The van der Waals surface area contributed by atoms with Gasteiger partial charge in [0.1, 0.15) is 48.4 Å². The summed E-state index contributed by atoms with van der Waals surface area (Å²) in [6.07, 6.45) is -17.2. The zero-order valence-electron chi connectivity index (χ0n) is 25.0. The van der Waals surface area contributed by atoms with Crippen LogP contribution in [0, 0.1) is 17.8 Å². The molecule has 0 heterocycles. The number of carbonyl (C=O) groups is 7. The summed E-state index contributed by atoms with van der Waals surface area (Å²) >= 11 is 3.80. The summed E-state index contributed by atoms with van der Waals surface area (Å²) in [5, 5.41) is 110. The number of Topliss-reactive ketones (excluding diaryl/α,β-unsaturated/α-hetero) is 2. The maximum Gasteiger partial charge on any atom is 0.326 e. The highest BCUT2D eigenvalue weighted by Crippen LogP contribution is 2.20. The Morgan fingerprint density at radius 2 is 1.15 bits per heavy atom. The summed E-state index contributed by atoms with van der Waals surface area (Å²) in [6, 6.07) is -4.42. The largest absolute Gasteiger partial charge is 0.481 e. The molecule has 20 nitrogen and oxygen atoms in total. The number of hydrogen-bond donors (Lipinski definition) is 14. The second-order valence-electron chi connectivity index (χ2n) is 10.8. The molecule has 0 spiro atoms. The molecule has 0 saturated heterocycles. The van der Waals surface area contributed by atoms with Crippen molar-refractivity contribution in [3.63, 3.8) is 0 Å². The number of carboxylic acids is 3. The van der Waals surface area contributed by atoms with Gasteiger partial charge in [0, 0.05) is 25.0 Å². The lowest BCUT2D eigenvalue weighted by atomic mass is 9.87. The fourth-order valence-electron chi connectivity index (χ4n) is 4.09. The van der Waals surface area contributed by atoms with E-state index in [1.807, 2.05) is 10.6 Å². The van der Waals surface area contributed by atoms with Gasteiger partial charge in [0.15, 0.2) is 5.78 Å². The smallest absolute Gasteiger partial charge is 0.326 e. The second-order valence-corrected chi connectivity index (χ2v) is 11.2. The van der Waals surface area contributed by atoms with E-state index in [1.54, 1.807) is 0 Å². The van der Waals surface area contributed by atoms with Gasteiger partial charge >= 0.3 is 17.9 Å². The standard InChI is InChI=1S/C26H42N2O18S/c1-9(24(41)42)2-11(31)4-12(19(36)20(37)15(33)6-29)23(40)27-13(26(45)46)5-17(35)28-18(22(39)21(38)16(34)7-30)14(32)3-10(8-47)25(43)44/h9-10,12-13,15-16,18-22,29-30,33-34,36-39,47H,2-8H2,1H3,(H,27,40)(H,28,35)(H,41,42)(H,43,44)(H,45,46)/t9?,10-,12-,13-,15+,16+,18+,19+,20+,21+,22+/m0/s1. The highest BCUT2D eigenvalue weighted by Gasteiger charge is 2.41. The average molecular weight is 703 g/mol. The first-order valence-electron chi connectivity index (χ1n) is 14.0. The van der Waals surface area contributed by atoms with E-state index in [2.05, 4.69) is 12.6 Å². The van der Waals surface area contributed by atoms with Gasteiger partial charge in [-0.1, -0.05) is 6.92 Å². The van der Waals surface area contributed by atoms with Gasteiger partial charge in [-0.25, -0.2) is 4.79 Å². The van der Waals surface area contributed by atoms with Crippen molar-refractivity contribution in [2.75, 3.05) is 19.0 Å². The topological polar surface area (TPSA) is 366 Å². The number of ketones is 2. The van der Waals surface area contributed by atoms with Crippen molar-refractivity contribution >= 4 is 53.9 Å². The summed E-state index contributed by atoms with van der Waals surface area (Å²) in [5.41, 5.74) is 0. The SMILES string of the molecule is CC(CC(=O)C[C@H](C(=O)N[C@@H](CC(=O)N[C@H](C(=O)C[C@@H](CS)C(=O)O)[C@@H](O)[C@H](O)[C@H](O)CO)C(=O)O)[C@@H](O)[C@H](O)[C@H](O)CO)C(=O)O. The van der Waals surface area contributed by atoms with Crippen molar-refractivity contribution in [1.82, 2.24) is 10.6 Å². The molecule has 11 atom stereocenters. The van der Waals surface area contributed by atoms with Gasteiger partial charge in [-0.3, -0.25) is 28.8 Å².